The molecule has 4 nitrogen and oxygen atoms in total. The van der Waals surface area contributed by atoms with Gasteiger partial charge in [-0.15, -0.1) is 0 Å². The molecule has 6 heteroatoms. The fourth-order valence-electron chi connectivity index (χ4n) is 3.30. The van der Waals surface area contributed by atoms with E-state index in [1.807, 2.05) is 18.2 Å². The quantitative estimate of drug-likeness (QED) is 0.721. The first-order valence-corrected chi connectivity index (χ1v) is 10.2. The molecule has 1 aliphatic rings. The molecule has 138 valence electrons. The Bertz CT molecular complexity index is 1050. The number of anilines is 1. The number of sulfonamides is 1. The van der Waals surface area contributed by atoms with Gasteiger partial charge in [0.25, 0.3) is 0 Å². The second-order valence-electron chi connectivity index (χ2n) is 6.60. The van der Waals surface area contributed by atoms with E-state index in [4.69, 9.17) is 0 Å². The van der Waals surface area contributed by atoms with E-state index in [0.717, 1.165) is 22.4 Å². The first-order valence-electron chi connectivity index (χ1n) is 8.71. The van der Waals surface area contributed by atoms with Crippen molar-refractivity contribution in [3.05, 3.63) is 84.2 Å². The fourth-order valence-corrected chi connectivity index (χ4v) is 4.56. The third-order valence-electron chi connectivity index (χ3n) is 4.66. The van der Waals surface area contributed by atoms with Gasteiger partial charge in [-0.2, -0.15) is 0 Å². The van der Waals surface area contributed by atoms with Crippen molar-refractivity contribution in [1.29, 1.82) is 0 Å². The highest BCUT2D eigenvalue weighted by atomic mass is 32.2. The topological polar surface area (TPSA) is 58.2 Å². The van der Waals surface area contributed by atoms with Crippen LogP contribution in [-0.4, -0.2) is 21.0 Å². The third-order valence-corrected chi connectivity index (χ3v) is 6.20. The number of nitrogens with one attached hydrogen (secondary N) is 2. The Morgan fingerprint density at radius 1 is 0.926 bits per heavy atom. The third kappa shape index (κ3) is 3.86. The van der Waals surface area contributed by atoms with Crippen LogP contribution in [0.4, 0.5) is 10.1 Å². The predicted octanol–water partition coefficient (Wildman–Crippen LogP) is 3.81. The summed E-state index contributed by atoms with van der Waals surface area (Å²) in [5.41, 5.74) is 3.92. The van der Waals surface area contributed by atoms with Crippen LogP contribution in [0.2, 0.25) is 0 Å². The van der Waals surface area contributed by atoms with Crippen LogP contribution >= 0.6 is 0 Å². The Kier molecular flexibility index (Phi) is 4.68. The van der Waals surface area contributed by atoms with E-state index in [2.05, 4.69) is 10.0 Å². The van der Waals surface area contributed by atoms with E-state index in [1.165, 1.54) is 12.1 Å². The van der Waals surface area contributed by atoms with Gasteiger partial charge in [0.15, 0.2) is 0 Å². The van der Waals surface area contributed by atoms with Crippen LogP contribution in [0.1, 0.15) is 5.56 Å². The highest BCUT2D eigenvalue weighted by Gasteiger charge is 2.24. The minimum Gasteiger partial charge on any atom is -0.383 e. The van der Waals surface area contributed by atoms with Crippen LogP contribution in [-0.2, 0) is 16.4 Å². The van der Waals surface area contributed by atoms with Crippen molar-refractivity contribution in [3.63, 3.8) is 0 Å². The molecule has 0 saturated carbocycles. The normalized spacial score (nSPS) is 16.4. The molecular weight excluding hydrogens is 363 g/mol. The van der Waals surface area contributed by atoms with Gasteiger partial charge in [0, 0.05) is 18.3 Å². The molecule has 3 aromatic rings. The van der Waals surface area contributed by atoms with Crippen molar-refractivity contribution in [2.24, 2.45) is 0 Å². The summed E-state index contributed by atoms with van der Waals surface area (Å²) in [7, 11) is -3.56. The summed E-state index contributed by atoms with van der Waals surface area (Å²) in [4.78, 5) is 0.260. The molecule has 0 fully saturated rings. The zero-order valence-corrected chi connectivity index (χ0v) is 15.3. The molecule has 27 heavy (non-hydrogen) atoms. The lowest BCUT2D eigenvalue weighted by molar-refractivity contribution is 0.549. The molecule has 1 heterocycles. The van der Waals surface area contributed by atoms with Gasteiger partial charge in [0.1, 0.15) is 5.82 Å². The van der Waals surface area contributed by atoms with Crippen molar-refractivity contribution in [2.75, 3.05) is 11.9 Å². The summed E-state index contributed by atoms with van der Waals surface area (Å²) in [6, 6.07) is 20.5. The molecule has 1 aliphatic heterocycles. The lowest BCUT2D eigenvalue weighted by Crippen LogP contribution is -2.43. The van der Waals surface area contributed by atoms with E-state index < -0.39 is 10.0 Å². The molecule has 0 amide bonds. The van der Waals surface area contributed by atoms with E-state index in [9.17, 15) is 12.8 Å². The Hall–Kier alpha value is -2.70. The highest BCUT2D eigenvalue weighted by Crippen LogP contribution is 2.29. The molecular formula is C21H19FN2O2S. The summed E-state index contributed by atoms with van der Waals surface area (Å²) < 4.78 is 41.0. The molecule has 3 aromatic carbocycles. The van der Waals surface area contributed by atoms with Crippen molar-refractivity contribution < 1.29 is 12.8 Å². The molecule has 0 aliphatic carbocycles. The SMILES string of the molecule is O=S(=O)(N[C@H]1CNc2ccc(-c3ccc(F)cc3)cc2C1)c1ccccc1. The molecule has 0 saturated heterocycles. The summed E-state index contributed by atoms with van der Waals surface area (Å²) in [6.45, 7) is 0.523. The molecule has 2 N–H and O–H groups in total. The Balaban J connectivity index is 1.55. The number of benzene rings is 3. The minimum absolute atomic E-state index is 0.244. The van der Waals surface area contributed by atoms with Crippen LogP contribution in [0.5, 0.6) is 0 Å². The van der Waals surface area contributed by atoms with Gasteiger partial charge in [-0.1, -0.05) is 36.4 Å². The first-order chi connectivity index (χ1) is 13.0. The largest absolute Gasteiger partial charge is 0.383 e. The zero-order valence-electron chi connectivity index (χ0n) is 14.5. The molecule has 1 atom stereocenters. The molecule has 0 aromatic heterocycles. The van der Waals surface area contributed by atoms with E-state index in [1.54, 1.807) is 42.5 Å². The van der Waals surface area contributed by atoms with Crippen LogP contribution < -0.4 is 10.0 Å². The monoisotopic (exact) mass is 382 g/mol. The predicted molar refractivity (Wildman–Crippen MR) is 105 cm³/mol. The van der Waals surface area contributed by atoms with Crippen LogP contribution in [0.15, 0.2) is 77.7 Å². The number of hydrogen-bond donors (Lipinski definition) is 2. The second kappa shape index (κ2) is 7.13. The summed E-state index contributed by atoms with van der Waals surface area (Å²) >= 11 is 0. The average Bonchev–Trinajstić information content (AvgIpc) is 2.68. The number of halogens is 1. The van der Waals surface area contributed by atoms with E-state index in [-0.39, 0.29) is 16.8 Å². The van der Waals surface area contributed by atoms with Gasteiger partial charge in [-0.05, 0) is 59.5 Å². The zero-order chi connectivity index (χ0) is 18.9. The van der Waals surface area contributed by atoms with Crippen molar-refractivity contribution >= 4 is 15.7 Å². The van der Waals surface area contributed by atoms with Crippen LogP contribution in [0.25, 0.3) is 11.1 Å². The fraction of sp³-hybridized carbons (Fsp3) is 0.143. The van der Waals surface area contributed by atoms with Gasteiger partial charge in [-0.3, -0.25) is 0 Å². The van der Waals surface area contributed by atoms with Crippen molar-refractivity contribution in [2.45, 2.75) is 17.4 Å². The Morgan fingerprint density at radius 3 is 2.37 bits per heavy atom. The first kappa shape index (κ1) is 17.7. The minimum atomic E-state index is -3.56. The summed E-state index contributed by atoms with van der Waals surface area (Å²) in [5.74, 6) is -0.270. The lowest BCUT2D eigenvalue weighted by Gasteiger charge is -2.27. The standard InChI is InChI=1S/C21H19FN2O2S/c22-18-9-6-15(7-10-18)16-8-11-21-17(12-16)13-19(14-23-21)24-27(25,26)20-4-2-1-3-5-20/h1-12,19,23-24H,13-14H2/t19-/m1/s1. The smallest absolute Gasteiger partial charge is 0.240 e. The van der Waals surface area contributed by atoms with Gasteiger partial charge in [-0.25, -0.2) is 17.5 Å². The molecule has 0 radical (unpaired) electrons. The van der Waals surface area contributed by atoms with Gasteiger partial charge in [0.2, 0.25) is 10.0 Å². The summed E-state index contributed by atoms with van der Waals surface area (Å²) in [6.07, 6.45) is 0.587. The van der Waals surface area contributed by atoms with Gasteiger partial charge < -0.3 is 5.32 Å². The molecule has 0 spiro atoms. The van der Waals surface area contributed by atoms with Crippen LogP contribution in [0.3, 0.4) is 0 Å². The number of rotatable bonds is 4. The molecule has 0 bridgehead atoms. The maximum Gasteiger partial charge on any atom is 0.240 e. The van der Waals surface area contributed by atoms with Crippen LogP contribution in [0, 0.1) is 5.82 Å². The maximum atomic E-state index is 13.1. The van der Waals surface area contributed by atoms with Gasteiger partial charge >= 0.3 is 0 Å². The average molecular weight is 382 g/mol. The lowest BCUT2D eigenvalue weighted by atomic mass is 9.95. The van der Waals surface area contributed by atoms with Gasteiger partial charge in [0.05, 0.1) is 4.90 Å². The van der Waals surface area contributed by atoms with Crippen molar-refractivity contribution in [1.82, 2.24) is 4.72 Å². The Morgan fingerprint density at radius 2 is 1.63 bits per heavy atom. The highest BCUT2D eigenvalue weighted by molar-refractivity contribution is 7.89. The number of hydrogen-bond acceptors (Lipinski definition) is 3. The van der Waals surface area contributed by atoms with E-state index in [0.29, 0.717) is 13.0 Å². The summed E-state index contributed by atoms with van der Waals surface area (Å²) in [5, 5.41) is 3.29. The maximum absolute atomic E-state index is 13.1. The van der Waals surface area contributed by atoms with E-state index >= 15 is 0 Å². The Labute approximate surface area is 158 Å². The van der Waals surface area contributed by atoms with Crippen molar-refractivity contribution in [3.8, 4) is 11.1 Å². The molecule has 0 unspecified atom stereocenters. The molecule has 4 rings (SSSR count). The second-order valence-corrected chi connectivity index (χ2v) is 8.31. The number of fused-ring (bicyclic) bond motifs is 1.